The molecule has 0 radical (unpaired) electrons. The van der Waals surface area contributed by atoms with Crippen LogP contribution in [0.2, 0.25) is 0 Å². The molecule has 4 nitrogen and oxygen atoms in total. The van der Waals surface area contributed by atoms with E-state index in [9.17, 15) is 13.6 Å². The number of nitriles is 1. The molecule has 1 amide bonds. The van der Waals surface area contributed by atoms with Crippen molar-refractivity contribution < 1.29 is 13.6 Å². The second kappa shape index (κ2) is 7.68. The van der Waals surface area contributed by atoms with E-state index in [2.05, 4.69) is 10.3 Å². The first-order valence-corrected chi connectivity index (χ1v) is 8.33. The second-order valence-corrected chi connectivity index (χ2v) is 6.08. The zero-order valence-electron chi connectivity index (χ0n) is 13.2. The lowest BCUT2D eigenvalue weighted by Gasteiger charge is -1.98. The second-order valence-electron chi connectivity index (χ2n) is 5.22. The van der Waals surface area contributed by atoms with Gasteiger partial charge in [0.1, 0.15) is 0 Å². The third-order valence-corrected chi connectivity index (χ3v) is 4.17. The lowest BCUT2D eigenvalue weighted by Crippen LogP contribution is -2.07. The van der Waals surface area contributed by atoms with Crippen LogP contribution >= 0.6 is 11.3 Å². The molecule has 0 atom stereocenters. The number of thiazole rings is 1. The van der Waals surface area contributed by atoms with E-state index in [0.29, 0.717) is 22.0 Å². The zero-order chi connectivity index (χ0) is 18.5. The molecule has 0 aliphatic carbocycles. The van der Waals surface area contributed by atoms with Gasteiger partial charge in [-0.25, -0.2) is 13.8 Å². The fourth-order valence-corrected chi connectivity index (χ4v) is 2.83. The van der Waals surface area contributed by atoms with Gasteiger partial charge in [-0.1, -0.05) is 12.1 Å². The van der Waals surface area contributed by atoms with E-state index in [-0.39, 0.29) is 5.91 Å². The van der Waals surface area contributed by atoms with Gasteiger partial charge in [0.25, 0.3) is 0 Å². The number of aromatic nitrogens is 1. The van der Waals surface area contributed by atoms with Crippen molar-refractivity contribution in [2.45, 2.75) is 0 Å². The number of amides is 1. The molecule has 0 bridgehead atoms. The van der Waals surface area contributed by atoms with Crippen molar-refractivity contribution in [3.63, 3.8) is 0 Å². The Morgan fingerprint density at radius 1 is 1.15 bits per heavy atom. The standard InChI is InChI=1S/C19H11F2N3OS/c20-15-7-6-14(9-16(15)21)17-11-26-19(23-17)24-18(25)8-5-12-1-3-13(10-22)4-2-12/h1-9,11H,(H,23,24,25)/b8-5+. The summed E-state index contributed by atoms with van der Waals surface area (Å²) >= 11 is 1.18. The smallest absolute Gasteiger partial charge is 0.250 e. The Morgan fingerprint density at radius 3 is 2.62 bits per heavy atom. The molecule has 0 spiro atoms. The molecule has 26 heavy (non-hydrogen) atoms. The van der Waals surface area contributed by atoms with Gasteiger partial charge in [0.05, 0.1) is 17.3 Å². The number of benzene rings is 2. The van der Waals surface area contributed by atoms with Crippen LogP contribution in [0.4, 0.5) is 13.9 Å². The molecule has 1 heterocycles. The molecule has 2 aromatic carbocycles. The molecular weight excluding hydrogens is 356 g/mol. The summed E-state index contributed by atoms with van der Waals surface area (Å²) in [6.45, 7) is 0. The van der Waals surface area contributed by atoms with Gasteiger partial charge >= 0.3 is 0 Å². The summed E-state index contributed by atoms with van der Waals surface area (Å²) in [4.78, 5) is 16.2. The van der Waals surface area contributed by atoms with Crippen molar-refractivity contribution in [3.05, 3.63) is 76.7 Å². The van der Waals surface area contributed by atoms with Gasteiger partial charge in [-0.2, -0.15) is 5.26 Å². The number of hydrogen-bond acceptors (Lipinski definition) is 4. The maximum atomic E-state index is 13.3. The molecule has 7 heteroatoms. The lowest BCUT2D eigenvalue weighted by molar-refractivity contribution is -0.111. The normalized spacial score (nSPS) is 10.7. The SMILES string of the molecule is N#Cc1ccc(/C=C/C(=O)Nc2nc(-c3ccc(F)c(F)c3)cs2)cc1. The van der Waals surface area contributed by atoms with E-state index >= 15 is 0 Å². The fraction of sp³-hybridized carbons (Fsp3) is 0. The Labute approximate surface area is 152 Å². The molecule has 1 aromatic heterocycles. The number of hydrogen-bond donors (Lipinski definition) is 1. The van der Waals surface area contributed by atoms with Crippen LogP contribution in [0.5, 0.6) is 0 Å². The van der Waals surface area contributed by atoms with Crippen LogP contribution in [0.15, 0.2) is 53.9 Å². The minimum atomic E-state index is -0.952. The monoisotopic (exact) mass is 367 g/mol. The summed E-state index contributed by atoms with van der Waals surface area (Å²) in [7, 11) is 0. The maximum absolute atomic E-state index is 13.3. The van der Waals surface area contributed by atoms with Crippen LogP contribution in [-0.4, -0.2) is 10.9 Å². The third-order valence-electron chi connectivity index (χ3n) is 3.42. The van der Waals surface area contributed by atoms with Gasteiger partial charge in [0.15, 0.2) is 16.8 Å². The van der Waals surface area contributed by atoms with Crippen LogP contribution in [0.25, 0.3) is 17.3 Å². The van der Waals surface area contributed by atoms with Gasteiger partial charge in [-0.05, 0) is 42.0 Å². The number of nitrogens with one attached hydrogen (secondary N) is 1. The summed E-state index contributed by atoms with van der Waals surface area (Å²) in [5.41, 5.74) is 2.19. The number of anilines is 1. The average molecular weight is 367 g/mol. The Balaban J connectivity index is 1.66. The Kier molecular flexibility index (Phi) is 5.15. The quantitative estimate of drug-likeness (QED) is 0.685. The van der Waals surface area contributed by atoms with Crippen LogP contribution in [0.1, 0.15) is 11.1 Å². The highest BCUT2D eigenvalue weighted by atomic mass is 32.1. The van der Waals surface area contributed by atoms with E-state index < -0.39 is 11.6 Å². The van der Waals surface area contributed by atoms with Crippen LogP contribution in [0, 0.1) is 23.0 Å². The Hall–Kier alpha value is -3.37. The number of carbonyl (C=O) groups excluding carboxylic acids is 1. The van der Waals surface area contributed by atoms with Crippen LogP contribution < -0.4 is 5.32 Å². The molecule has 1 N–H and O–H groups in total. The summed E-state index contributed by atoms with van der Waals surface area (Å²) in [6.07, 6.45) is 2.96. The highest BCUT2D eigenvalue weighted by Crippen LogP contribution is 2.26. The Morgan fingerprint density at radius 2 is 1.92 bits per heavy atom. The highest BCUT2D eigenvalue weighted by molar-refractivity contribution is 7.14. The number of halogens is 2. The minimum absolute atomic E-state index is 0.346. The van der Waals surface area contributed by atoms with Gasteiger partial charge in [0, 0.05) is 17.0 Å². The third kappa shape index (κ3) is 4.18. The Bertz CT molecular complexity index is 1020. The summed E-state index contributed by atoms with van der Waals surface area (Å²) in [5.74, 6) is -2.25. The lowest BCUT2D eigenvalue weighted by atomic mass is 10.1. The van der Waals surface area contributed by atoms with E-state index in [1.54, 1.807) is 35.7 Å². The molecule has 0 unspecified atom stereocenters. The molecule has 0 aliphatic rings. The molecule has 0 fully saturated rings. The van der Waals surface area contributed by atoms with Crippen LogP contribution in [-0.2, 0) is 4.79 Å². The van der Waals surface area contributed by atoms with Gasteiger partial charge in [0.2, 0.25) is 5.91 Å². The topological polar surface area (TPSA) is 65.8 Å². The van der Waals surface area contributed by atoms with E-state index in [1.807, 2.05) is 6.07 Å². The number of rotatable bonds is 4. The minimum Gasteiger partial charge on any atom is -0.298 e. The first kappa shape index (κ1) is 17.5. The first-order chi connectivity index (χ1) is 12.5. The molecule has 128 valence electrons. The maximum Gasteiger partial charge on any atom is 0.250 e. The fourth-order valence-electron chi connectivity index (χ4n) is 2.11. The van der Waals surface area contributed by atoms with Gasteiger partial charge in [-0.3, -0.25) is 10.1 Å². The van der Waals surface area contributed by atoms with E-state index in [1.165, 1.54) is 23.5 Å². The largest absolute Gasteiger partial charge is 0.298 e. The van der Waals surface area contributed by atoms with Crippen LogP contribution in [0.3, 0.4) is 0 Å². The first-order valence-electron chi connectivity index (χ1n) is 7.45. The molecular formula is C19H11F2N3OS. The highest BCUT2D eigenvalue weighted by Gasteiger charge is 2.09. The predicted molar refractivity (Wildman–Crippen MR) is 96.3 cm³/mol. The zero-order valence-corrected chi connectivity index (χ0v) is 14.1. The van der Waals surface area contributed by atoms with Gasteiger partial charge < -0.3 is 0 Å². The van der Waals surface area contributed by atoms with Crippen molar-refractivity contribution in [3.8, 4) is 17.3 Å². The van der Waals surface area contributed by atoms with Crippen molar-refractivity contribution in [2.75, 3.05) is 5.32 Å². The molecule has 3 rings (SSSR count). The van der Waals surface area contributed by atoms with Crippen molar-refractivity contribution in [1.29, 1.82) is 5.26 Å². The van der Waals surface area contributed by atoms with E-state index in [0.717, 1.165) is 17.7 Å². The molecule has 0 aliphatic heterocycles. The number of carbonyl (C=O) groups is 1. The summed E-state index contributed by atoms with van der Waals surface area (Å²) in [5, 5.41) is 13.4. The van der Waals surface area contributed by atoms with E-state index in [4.69, 9.17) is 5.26 Å². The summed E-state index contributed by atoms with van der Waals surface area (Å²) < 4.78 is 26.3. The van der Waals surface area contributed by atoms with Crippen molar-refractivity contribution in [2.24, 2.45) is 0 Å². The van der Waals surface area contributed by atoms with Crippen molar-refractivity contribution in [1.82, 2.24) is 4.98 Å². The molecule has 3 aromatic rings. The van der Waals surface area contributed by atoms with Crippen molar-refractivity contribution >= 4 is 28.5 Å². The average Bonchev–Trinajstić information content (AvgIpc) is 3.11. The van der Waals surface area contributed by atoms with Gasteiger partial charge in [-0.15, -0.1) is 11.3 Å². The number of nitrogens with zero attached hydrogens (tertiary/aromatic N) is 2. The molecule has 0 saturated carbocycles. The molecule has 0 saturated heterocycles. The summed E-state index contributed by atoms with van der Waals surface area (Å²) in [6, 6.07) is 12.3. The predicted octanol–water partition coefficient (Wildman–Crippen LogP) is 4.61.